The molecule has 0 aromatic heterocycles. The maximum atomic E-state index is 14.1. The van der Waals surface area contributed by atoms with E-state index in [4.69, 9.17) is 4.74 Å². The van der Waals surface area contributed by atoms with Gasteiger partial charge in [-0.2, -0.15) is 0 Å². The number of rotatable bonds is 10. The van der Waals surface area contributed by atoms with Crippen molar-refractivity contribution in [2.45, 2.75) is 85.9 Å². The zero-order chi connectivity index (χ0) is 27.8. The first-order valence-electron chi connectivity index (χ1n) is 13.1. The van der Waals surface area contributed by atoms with Crippen LogP contribution in [0.4, 0.5) is 10.5 Å². The summed E-state index contributed by atoms with van der Waals surface area (Å²) in [5.41, 5.74) is 2.63. The molecule has 0 aliphatic rings. The van der Waals surface area contributed by atoms with Gasteiger partial charge in [0.25, 0.3) is 5.91 Å². The van der Waals surface area contributed by atoms with E-state index >= 15 is 0 Å². The third-order valence-electron chi connectivity index (χ3n) is 5.76. The Morgan fingerprint density at radius 1 is 1.00 bits per heavy atom. The van der Waals surface area contributed by atoms with Gasteiger partial charge in [0.15, 0.2) is 0 Å². The number of amides is 3. The molecule has 0 aliphatic heterocycles. The molecule has 2 aromatic rings. The number of carbonyl (C=O) groups is 3. The quantitative estimate of drug-likeness (QED) is 0.401. The van der Waals surface area contributed by atoms with Crippen LogP contribution < -0.4 is 10.6 Å². The number of benzene rings is 2. The average Bonchev–Trinajstić information content (AvgIpc) is 2.78. The number of anilines is 1. The molecule has 0 fully saturated rings. The lowest BCUT2D eigenvalue weighted by molar-refractivity contribution is -0.141. The molecule has 7 nitrogen and oxygen atoms in total. The van der Waals surface area contributed by atoms with Gasteiger partial charge >= 0.3 is 6.09 Å². The van der Waals surface area contributed by atoms with Crippen molar-refractivity contribution in [2.75, 3.05) is 11.9 Å². The van der Waals surface area contributed by atoms with Gasteiger partial charge in [-0.25, -0.2) is 4.79 Å². The molecule has 2 rings (SSSR count). The van der Waals surface area contributed by atoms with E-state index in [9.17, 15) is 14.4 Å². The predicted molar refractivity (Wildman–Crippen MR) is 148 cm³/mol. The Hall–Kier alpha value is -3.35. The van der Waals surface area contributed by atoms with Crippen molar-refractivity contribution in [3.05, 3.63) is 65.2 Å². The highest BCUT2D eigenvalue weighted by Gasteiger charge is 2.36. The number of ether oxygens (including phenoxy) is 1. The second kappa shape index (κ2) is 13.3. The third-order valence-corrected chi connectivity index (χ3v) is 5.76. The van der Waals surface area contributed by atoms with E-state index in [1.165, 1.54) is 0 Å². The zero-order valence-electron chi connectivity index (χ0n) is 23.6. The second-order valence-corrected chi connectivity index (χ2v) is 11.0. The molecule has 0 heterocycles. The molecule has 2 aromatic carbocycles. The maximum Gasteiger partial charge on any atom is 0.408 e. The minimum Gasteiger partial charge on any atom is -0.444 e. The van der Waals surface area contributed by atoms with Crippen LogP contribution in [-0.4, -0.2) is 41.0 Å². The van der Waals surface area contributed by atoms with Crippen molar-refractivity contribution in [1.29, 1.82) is 0 Å². The minimum absolute atomic E-state index is 0.130. The highest BCUT2D eigenvalue weighted by molar-refractivity contribution is 5.99. The van der Waals surface area contributed by atoms with Gasteiger partial charge in [-0.1, -0.05) is 68.8 Å². The molecule has 0 spiro atoms. The van der Waals surface area contributed by atoms with Gasteiger partial charge in [0.05, 0.1) is 0 Å². The molecule has 202 valence electrons. The van der Waals surface area contributed by atoms with Crippen LogP contribution in [0.5, 0.6) is 0 Å². The van der Waals surface area contributed by atoms with Gasteiger partial charge in [0.2, 0.25) is 5.91 Å². The van der Waals surface area contributed by atoms with Gasteiger partial charge in [-0.05, 0) is 70.6 Å². The summed E-state index contributed by atoms with van der Waals surface area (Å²) in [6, 6.07) is 13.5. The van der Waals surface area contributed by atoms with Crippen LogP contribution in [0.3, 0.4) is 0 Å². The summed E-state index contributed by atoms with van der Waals surface area (Å²) in [5.74, 6) is -0.485. The summed E-state index contributed by atoms with van der Waals surface area (Å²) >= 11 is 0. The Labute approximate surface area is 222 Å². The Morgan fingerprint density at radius 2 is 1.68 bits per heavy atom. The number of alkyl carbamates (subject to hydrolysis) is 1. The number of aryl methyl sites for hydroxylation is 2. The molecule has 2 N–H and O–H groups in total. The SMILES string of the molecule is CCCN(C(=O)C(CC(C)C)NC(=O)OC(C)(C)C)C(C(=O)Nc1ccccc1C)c1cccc(C)c1. The molecular formula is C30H43N3O4. The fraction of sp³-hybridized carbons (Fsp3) is 0.500. The molecule has 7 heteroatoms. The number of nitrogens with one attached hydrogen (secondary N) is 2. The molecule has 2 atom stereocenters. The summed E-state index contributed by atoms with van der Waals surface area (Å²) in [7, 11) is 0. The van der Waals surface area contributed by atoms with Crippen LogP contribution in [0.25, 0.3) is 0 Å². The molecule has 0 bridgehead atoms. The van der Waals surface area contributed by atoms with E-state index in [0.29, 0.717) is 30.6 Å². The smallest absolute Gasteiger partial charge is 0.408 e. The van der Waals surface area contributed by atoms with Gasteiger partial charge in [0.1, 0.15) is 17.7 Å². The van der Waals surface area contributed by atoms with Crippen molar-refractivity contribution < 1.29 is 19.1 Å². The molecule has 0 saturated heterocycles. The number of nitrogens with zero attached hydrogens (tertiary/aromatic N) is 1. The topological polar surface area (TPSA) is 87.7 Å². The third kappa shape index (κ3) is 9.23. The van der Waals surface area contributed by atoms with E-state index in [1.54, 1.807) is 25.7 Å². The molecule has 0 aliphatic carbocycles. The Morgan fingerprint density at radius 3 is 2.24 bits per heavy atom. The summed E-state index contributed by atoms with van der Waals surface area (Å²) < 4.78 is 5.44. The molecule has 3 amide bonds. The van der Waals surface area contributed by atoms with E-state index in [-0.39, 0.29) is 17.7 Å². The van der Waals surface area contributed by atoms with Gasteiger partial charge in [-0.15, -0.1) is 0 Å². The van der Waals surface area contributed by atoms with Crippen LogP contribution in [0.2, 0.25) is 0 Å². The Kier molecular flexibility index (Phi) is 10.7. The normalized spacial score (nSPS) is 13.0. The van der Waals surface area contributed by atoms with Crippen LogP contribution in [-0.2, 0) is 14.3 Å². The maximum absolute atomic E-state index is 14.1. The second-order valence-electron chi connectivity index (χ2n) is 11.0. The van der Waals surface area contributed by atoms with Gasteiger partial charge < -0.3 is 20.3 Å². The Balaban J connectivity index is 2.50. The lowest BCUT2D eigenvalue weighted by Crippen LogP contribution is -2.53. The van der Waals surface area contributed by atoms with E-state index in [1.807, 2.05) is 83.1 Å². The number of hydrogen-bond donors (Lipinski definition) is 2. The lowest BCUT2D eigenvalue weighted by atomic mass is 9.98. The number of para-hydroxylation sites is 1. The predicted octanol–water partition coefficient (Wildman–Crippen LogP) is 6.16. The number of hydrogen-bond acceptors (Lipinski definition) is 4. The van der Waals surface area contributed by atoms with Crippen LogP contribution >= 0.6 is 0 Å². The van der Waals surface area contributed by atoms with Crippen molar-refractivity contribution >= 4 is 23.6 Å². The van der Waals surface area contributed by atoms with Crippen LogP contribution in [0, 0.1) is 19.8 Å². The van der Waals surface area contributed by atoms with Crippen molar-refractivity contribution in [3.63, 3.8) is 0 Å². The van der Waals surface area contributed by atoms with E-state index in [0.717, 1.165) is 11.1 Å². The largest absolute Gasteiger partial charge is 0.444 e. The highest BCUT2D eigenvalue weighted by Crippen LogP contribution is 2.27. The zero-order valence-corrected chi connectivity index (χ0v) is 23.6. The summed E-state index contributed by atoms with van der Waals surface area (Å²) in [4.78, 5) is 42.1. The van der Waals surface area contributed by atoms with Crippen molar-refractivity contribution in [3.8, 4) is 0 Å². The molecule has 37 heavy (non-hydrogen) atoms. The monoisotopic (exact) mass is 509 g/mol. The van der Waals surface area contributed by atoms with Gasteiger partial charge in [0, 0.05) is 12.2 Å². The van der Waals surface area contributed by atoms with Crippen LogP contribution in [0.15, 0.2) is 48.5 Å². The van der Waals surface area contributed by atoms with E-state index in [2.05, 4.69) is 10.6 Å². The summed E-state index contributed by atoms with van der Waals surface area (Å²) in [5, 5.41) is 5.80. The molecule has 2 unspecified atom stereocenters. The number of carbonyl (C=O) groups excluding carboxylic acids is 3. The fourth-order valence-electron chi connectivity index (χ4n) is 4.18. The lowest BCUT2D eigenvalue weighted by Gasteiger charge is -2.35. The van der Waals surface area contributed by atoms with Crippen LogP contribution in [0.1, 0.15) is 77.1 Å². The average molecular weight is 510 g/mol. The molecule has 0 radical (unpaired) electrons. The summed E-state index contributed by atoms with van der Waals surface area (Å²) in [6.45, 7) is 15.5. The van der Waals surface area contributed by atoms with E-state index < -0.39 is 23.8 Å². The first-order valence-corrected chi connectivity index (χ1v) is 13.1. The van der Waals surface area contributed by atoms with Crippen molar-refractivity contribution in [2.24, 2.45) is 5.92 Å². The summed E-state index contributed by atoms with van der Waals surface area (Å²) in [6.07, 6.45) is 0.407. The molecule has 0 saturated carbocycles. The first-order chi connectivity index (χ1) is 17.3. The van der Waals surface area contributed by atoms with Gasteiger partial charge in [-0.3, -0.25) is 9.59 Å². The first kappa shape index (κ1) is 29.9. The highest BCUT2D eigenvalue weighted by atomic mass is 16.6. The van der Waals surface area contributed by atoms with Crippen molar-refractivity contribution in [1.82, 2.24) is 10.2 Å². The fourth-order valence-corrected chi connectivity index (χ4v) is 4.18. The minimum atomic E-state index is -0.873. The Bertz CT molecular complexity index is 1070. The molecular weight excluding hydrogens is 466 g/mol. The standard InChI is InChI=1S/C30H43N3O4/c1-9-17-33(28(35)25(18-20(2)3)32-29(36)37-30(6,7)8)26(23-15-12-13-21(4)19-23)27(34)31-24-16-11-10-14-22(24)5/h10-16,19-20,25-26H,9,17-18H2,1-8H3,(H,31,34)(H,32,36).